The molecule has 8 heteroatoms. The Labute approximate surface area is 127 Å². The number of anilines is 1. The highest BCUT2D eigenvalue weighted by Crippen LogP contribution is 2.38. The quantitative estimate of drug-likeness (QED) is 0.609. The lowest BCUT2D eigenvalue weighted by molar-refractivity contribution is 0.574. The molecule has 1 aliphatic heterocycles. The molecule has 2 heterocycles. The SMILES string of the molecule is CC1=Cc2cnc([S+](C)[O-])nc2N(C2CCCC2)S1(=O)=O. The van der Waals surface area contributed by atoms with Crippen molar-refractivity contribution in [2.75, 3.05) is 10.6 Å². The Kier molecular flexibility index (Phi) is 3.71. The molecule has 1 aromatic rings. The fourth-order valence-electron chi connectivity index (χ4n) is 2.85. The number of nitrogens with zero attached hydrogens (tertiary/aromatic N) is 3. The molecule has 6 nitrogen and oxygen atoms in total. The molecular weight excluding hydrogens is 310 g/mol. The van der Waals surface area contributed by atoms with Crippen molar-refractivity contribution in [3.63, 3.8) is 0 Å². The summed E-state index contributed by atoms with van der Waals surface area (Å²) in [7, 11) is -3.54. The Morgan fingerprint density at radius 1 is 1.38 bits per heavy atom. The number of rotatable bonds is 2. The normalized spacial score (nSPS) is 22.8. The monoisotopic (exact) mass is 327 g/mol. The van der Waals surface area contributed by atoms with Crippen molar-refractivity contribution in [3.05, 3.63) is 16.7 Å². The standard InChI is InChI=1S/C13H17N3O3S2/c1-9-7-10-8-14-13(20(2)17)15-12(10)16(21(9,18)19)11-5-3-4-6-11/h7-8,11H,3-6H2,1-2H3. The van der Waals surface area contributed by atoms with E-state index in [9.17, 15) is 13.0 Å². The molecule has 2 aliphatic rings. The first kappa shape index (κ1) is 14.8. The zero-order chi connectivity index (χ0) is 15.2. The van der Waals surface area contributed by atoms with E-state index in [1.54, 1.807) is 19.2 Å². The molecule has 1 fully saturated rings. The third-order valence-corrected chi connectivity index (χ3v) is 6.55. The zero-order valence-corrected chi connectivity index (χ0v) is 13.6. The van der Waals surface area contributed by atoms with Gasteiger partial charge in [-0.15, -0.1) is 0 Å². The third kappa shape index (κ3) is 2.45. The van der Waals surface area contributed by atoms with E-state index in [-0.39, 0.29) is 11.2 Å². The summed E-state index contributed by atoms with van der Waals surface area (Å²) in [6.45, 7) is 1.59. The van der Waals surface area contributed by atoms with E-state index < -0.39 is 21.2 Å². The van der Waals surface area contributed by atoms with Gasteiger partial charge in [0.2, 0.25) is 0 Å². The number of fused-ring (bicyclic) bond motifs is 1. The Bertz CT molecular complexity index is 695. The van der Waals surface area contributed by atoms with Crippen LogP contribution in [0.5, 0.6) is 0 Å². The van der Waals surface area contributed by atoms with Gasteiger partial charge in [-0.05, 0) is 25.8 Å². The van der Waals surface area contributed by atoms with Gasteiger partial charge in [0.25, 0.3) is 10.0 Å². The van der Waals surface area contributed by atoms with Gasteiger partial charge in [0.1, 0.15) is 6.26 Å². The van der Waals surface area contributed by atoms with Crippen LogP contribution in [0.15, 0.2) is 16.3 Å². The summed E-state index contributed by atoms with van der Waals surface area (Å²) in [4.78, 5) is 8.62. The maximum Gasteiger partial charge on any atom is 0.344 e. The van der Waals surface area contributed by atoms with Crippen LogP contribution in [0.25, 0.3) is 6.08 Å². The van der Waals surface area contributed by atoms with E-state index >= 15 is 0 Å². The molecule has 0 spiro atoms. The molecule has 0 saturated heterocycles. The van der Waals surface area contributed by atoms with Crippen molar-refractivity contribution in [2.45, 2.75) is 43.8 Å². The largest absolute Gasteiger partial charge is 0.609 e. The third-order valence-electron chi connectivity index (χ3n) is 3.92. The molecule has 3 rings (SSSR count). The minimum Gasteiger partial charge on any atom is -0.609 e. The van der Waals surface area contributed by atoms with E-state index in [0.29, 0.717) is 16.3 Å². The van der Waals surface area contributed by atoms with Gasteiger partial charge >= 0.3 is 5.16 Å². The molecule has 0 N–H and O–H groups in total. The maximum absolute atomic E-state index is 12.7. The van der Waals surface area contributed by atoms with E-state index in [1.165, 1.54) is 10.6 Å². The van der Waals surface area contributed by atoms with Crippen LogP contribution in [0, 0.1) is 0 Å². The van der Waals surface area contributed by atoms with Crippen LogP contribution in [-0.2, 0) is 21.2 Å². The second-order valence-electron chi connectivity index (χ2n) is 5.38. The molecule has 21 heavy (non-hydrogen) atoms. The van der Waals surface area contributed by atoms with Crippen LogP contribution < -0.4 is 4.31 Å². The lowest BCUT2D eigenvalue weighted by Crippen LogP contribution is -2.42. The minimum absolute atomic E-state index is 0.0644. The van der Waals surface area contributed by atoms with Gasteiger partial charge in [-0.3, -0.25) is 0 Å². The maximum atomic E-state index is 12.7. The molecule has 1 saturated carbocycles. The molecule has 1 aromatic heterocycles. The number of allylic oxidation sites excluding steroid dienone is 1. The Hall–Kier alpha value is -1.12. The van der Waals surface area contributed by atoms with Crippen molar-refractivity contribution < 1.29 is 13.0 Å². The first-order chi connectivity index (χ1) is 9.91. The van der Waals surface area contributed by atoms with Gasteiger partial charge in [-0.1, -0.05) is 12.8 Å². The van der Waals surface area contributed by atoms with Gasteiger partial charge < -0.3 is 4.55 Å². The second-order valence-corrected chi connectivity index (χ2v) is 8.64. The van der Waals surface area contributed by atoms with Gasteiger partial charge in [0.05, 0.1) is 4.91 Å². The van der Waals surface area contributed by atoms with E-state index in [4.69, 9.17) is 0 Å². The summed E-state index contributed by atoms with van der Waals surface area (Å²) < 4.78 is 38.3. The fourth-order valence-corrected chi connectivity index (χ4v) is 4.83. The highest BCUT2D eigenvalue weighted by Gasteiger charge is 2.38. The number of hydrogen-bond acceptors (Lipinski definition) is 5. The lowest BCUT2D eigenvalue weighted by atomic mass is 10.2. The smallest absolute Gasteiger partial charge is 0.344 e. The summed E-state index contributed by atoms with van der Waals surface area (Å²) in [6.07, 6.45) is 8.33. The Morgan fingerprint density at radius 2 is 2.05 bits per heavy atom. The van der Waals surface area contributed by atoms with E-state index in [1.807, 2.05) is 0 Å². The second kappa shape index (κ2) is 5.26. The molecule has 0 bridgehead atoms. The predicted molar refractivity (Wildman–Crippen MR) is 81.7 cm³/mol. The minimum atomic E-state index is -3.54. The van der Waals surface area contributed by atoms with E-state index in [0.717, 1.165) is 25.7 Å². The first-order valence-electron chi connectivity index (χ1n) is 6.84. The number of aromatic nitrogens is 2. The summed E-state index contributed by atoms with van der Waals surface area (Å²) >= 11 is -1.34. The predicted octanol–water partition coefficient (Wildman–Crippen LogP) is 1.67. The molecule has 1 atom stereocenters. The summed E-state index contributed by atoms with van der Waals surface area (Å²) in [5.41, 5.74) is 0.670. The molecular formula is C13H17N3O3S2. The van der Waals surface area contributed by atoms with Crippen LogP contribution in [0.4, 0.5) is 5.82 Å². The Balaban J connectivity index is 2.18. The van der Waals surface area contributed by atoms with Crippen LogP contribution in [-0.4, -0.2) is 35.2 Å². The van der Waals surface area contributed by atoms with Crippen molar-refractivity contribution in [2.24, 2.45) is 0 Å². The van der Waals surface area contributed by atoms with E-state index in [2.05, 4.69) is 9.97 Å². The highest BCUT2D eigenvalue weighted by atomic mass is 32.2. The lowest BCUT2D eigenvalue weighted by Gasteiger charge is -2.33. The summed E-state index contributed by atoms with van der Waals surface area (Å²) in [5.74, 6) is 0.368. The molecule has 1 unspecified atom stereocenters. The van der Waals surface area contributed by atoms with Crippen LogP contribution >= 0.6 is 0 Å². The van der Waals surface area contributed by atoms with Crippen molar-refractivity contribution in [3.8, 4) is 0 Å². The average molecular weight is 327 g/mol. The first-order valence-corrected chi connectivity index (χ1v) is 9.84. The molecule has 0 aromatic carbocycles. The van der Waals surface area contributed by atoms with Crippen molar-refractivity contribution in [1.29, 1.82) is 0 Å². The van der Waals surface area contributed by atoms with Crippen LogP contribution in [0.2, 0.25) is 0 Å². The molecule has 0 radical (unpaired) electrons. The van der Waals surface area contributed by atoms with Gasteiger partial charge in [0, 0.05) is 29.0 Å². The van der Waals surface area contributed by atoms with Crippen LogP contribution in [0.3, 0.4) is 0 Å². The fraction of sp³-hybridized carbons (Fsp3) is 0.538. The van der Waals surface area contributed by atoms with Gasteiger partial charge in [0.15, 0.2) is 5.82 Å². The average Bonchev–Trinajstić information content (AvgIpc) is 2.92. The van der Waals surface area contributed by atoms with Crippen molar-refractivity contribution >= 4 is 33.1 Å². The highest BCUT2D eigenvalue weighted by molar-refractivity contribution is 7.96. The summed E-state index contributed by atoms with van der Waals surface area (Å²) in [6, 6.07) is -0.0644. The number of sulfonamides is 1. The zero-order valence-electron chi connectivity index (χ0n) is 11.9. The molecule has 1 aliphatic carbocycles. The van der Waals surface area contributed by atoms with Gasteiger partial charge in [-0.2, -0.15) is 9.97 Å². The van der Waals surface area contributed by atoms with Gasteiger partial charge in [-0.25, -0.2) is 12.7 Å². The Morgan fingerprint density at radius 3 is 2.67 bits per heavy atom. The number of hydrogen-bond donors (Lipinski definition) is 0. The molecule has 0 amide bonds. The summed E-state index contributed by atoms with van der Waals surface area (Å²) in [5, 5.41) is 0.167. The molecule has 114 valence electrons. The van der Waals surface area contributed by atoms with Crippen LogP contribution in [0.1, 0.15) is 38.2 Å². The topological polar surface area (TPSA) is 86.2 Å². The van der Waals surface area contributed by atoms with Crippen molar-refractivity contribution in [1.82, 2.24) is 9.97 Å².